The summed E-state index contributed by atoms with van der Waals surface area (Å²) in [7, 11) is 0. The average molecular weight is 333 g/mol. The fourth-order valence-electron chi connectivity index (χ4n) is 3.81. The van der Waals surface area contributed by atoms with Gasteiger partial charge in [-0.25, -0.2) is 4.39 Å². The van der Waals surface area contributed by atoms with Crippen LogP contribution < -0.4 is 4.90 Å². The van der Waals surface area contributed by atoms with Crippen molar-refractivity contribution in [3.63, 3.8) is 0 Å². The minimum Gasteiger partial charge on any atom is -0.366 e. The number of hydrogen-bond acceptors (Lipinski definition) is 3. The predicted molar refractivity (Wildman–Crippen MR) is 94.6 cm³/mol. The Labute approximate surface area is 144 Å². The lowest BCUT2D eigenvalue weighted by atomic mass is 10.0. The van der Waals surface area contributed by atoms with E-state index in [0.29, 0.717) is 38.3 Å². The third kappa shape index (κ3) is 4.26. The van der Waals surface area contributed by atoms with Crippen molar-refractivity contribution in [3.05, 3.63) is 30.1 Å². The Hall–Kier alpha value is -1.62. The summed E-state index contributed by atoms with van der Waals surface area (Å²) in [6.45, 7) is 8.17. The summed E-state index contributed by atoms with van der Waals surface area (Å²) in [6, 6.07) is 6.87. The van der Waals surface area contributed by atoms with Crippen molar-refractivity contribution in [1.82, 2.24) is 9.80 Å². The maximum atomic E-state index is 13.9. The first kappa shape index (κ1) is 17.2. The van der Waals surface area contributed by atoms with Gasteiger partial charge in [0, 0.05) is 45.7 Å². The molecule has 132 valence electrons. The van der Waals surface area contributed by atoms with Gasteiger partial charge >= 0.3 is 0 Å². The van der Waals surface area contributed by atoms with Crippen molar-refractivity contribution in [1.29, 1.82) is 0 Å². The summed E-state index contributed by atoms with van der Waals surface area (Å²) in [4.78, 5) is 18.8. The zero-order valence-corrected chi connectivity index (χ0v) is 14.6. The number of nitrogens with zero attached hydrogens (tertiary/aromatic N) is 3. The molecule has 0 bridgehead atoms. The van der Waals surface area contributed by atoms with Crippen molar-refractivity contribution >= 4 is 11.6 Å². The molecule has 1 unspecified atom stereocenters. The van der Waals surface area contributed by atoms with Crippen LogP contribution in [-0.2, 0) is 4.79 Å². The maximum absolute atomic E-state index is 13.9. The lowest BCUT2D eigenvalue weighted by Crippen LogP contribution is -2.49. The minimum absolute atomic E-state index is 0.184. The zero-order chi connectivity index (χ0) is 16.9. The van der Waals surface area contributed by atoms with E-state index in [4.69, 9.17) is 0 Å². The summed E-state index contributed by atoms with van der Waals surface area (Å²) in [6.07, 6.45) is 3.16. The van der Waals surface area contributed by atoms with Crippen molar-refractivity contribution in [3.8, 4) is 0 Å². The first-order valence-electron chi connectivity index (χ1n) is 9.13. The van der Waals surface area contributed by atoms with Gasteiger partial charge in [0.05, 0.1) is 5.69 Å². The number of carbonyl (C=O) groups is 1. The van der Waals surface area contributed by atoms with Gasteiger partial charge in [0.15, 0.2) is 0 Å². The lowest BCUT2D eigenvalue weighted by molar-refractivity contribution is -0.131. The van der Waals surface area contributed by atoms with Crippen molar-refractivity contribution in [2.75, 3.05) is 50.7 Å². The molecule has 2 fully saturated rings. The number of amides is 1. The van der Waals surface area contributed by atoms with Gasteiger partial charge in [-0.15, -0.1) is 0 Å². The molecule has 4 nitrogen and oxygen atoms in total. The van der Waals surface area contributed by atoms with Crippen LogP contribution in [0.15, 0.2) is 24.3 Å². The van der Waals surface area contributed by atoms with Gasteiger partial charge in [-0.05, 0) is 37.4 Å². The van der Waals surface area contributed by atoms with Crippen molar-refractivity contribution in [2.24, 2.45) is 5.92 Å². The second kappa shape index (κ2) is 7.97. The van der Waals surface area contributed by atoms with E-state index in [2.05, 4.69) is 11.8 Å². The van der Waals surface area contributed by atoms with Crippen LogP contribution in [0.3, 0.4) is 0 Å². The van der Waals surface area contributed by atoms with Gasteiger partial charge in [-0.3, -0.25) is 4.79 Å². The Kier molecular flexibility index (Phi) is 5.72. The van der Waals surface area contributed by atoms with Crippen molar-refractivity contribution < 1.29 is 9.18 Å². The Morgan fingerprint density at radius 3 is 2.62 bits per heavy atom. The lowest BCUT2D eigenvalue weighted by Gasteiger charge is -2.37. The highest BCUT2D eigenvalue weighted by molar-refractivity contribution is 5.76. The number of carbonyl (C=O) groups excluding carboxylic acids is 1. The molecule has 0 aromatic heterocycles. The van der Waals surface area contributed by atoms with E-state index in [1.807, 2.05) is 21.9 Å². The average Bonchev–Trinajstić information content (AvgIpc) is 2.60. The SMILES string of the molecule is CC1CCCN(CCC(=O)N2CCN(c3ccccc3F)CC2)C1. The van der Waals surface area contributed by atoms with Gasteiger partial charge in [0.25, 0.3) is 0 Å². The molecule has 1 atom stereocenters. The number of halogens is 1. The van der Waals surface area contributed by atoms with Crippen LogP contribution in [-0.4, -0.2) is 61.5 Å². The monoisotopic (exact) mass is 333 g/mol. The summed E-state index contributed by atoms with van der Waals surface area (Å²) in [5, 5.41) is 0. The summed E-state index contributed by atoms with van der Waals surface area (Å²) in [5.41, 5.74) is 0.645. The molecule has 2 saturated heterocycles. The molecule has 0 radical (unpaired) electrons. The highest BCUT2D eigenvalue weighted by Crippen LogP contribution is 2.20. The molecular formula is C19H28FN3O. The second-order valence-corrected chi connectivity index (χ2v) is 7.12. The normalized spacial score (nSPS) is 22.7. The smallest absolute Gasteiger partial charge is 0.223 e. The van der Waals surface area contributed by atoms with Crippen LogP contribution in [0.4, 0.5) is 10.1 Å². The molecule has 1 aromatic carbocycles. The number of benzene rings is 1. The number of anilines is 1. The van der Waals surface area contributed by atoms with E-state index >= 15 is 0 Å². The highest BCUT2D eigenvalue weighted by Gasteiger charge is 2.23. The van der Waals surface area contributed by atoms with Crippen LogP contribution in [0.5, 0.6) is 0 Å². The molecule has 5 heteroatoms. The first-order chi connectivity index (χ1) is 11.6. The third-order valence-electron chi connectivity index (χ3n) is 5.21. The third-order valence-corrected chi connectivity index (χ3v) is 5.21. The molecule has 2 aliphatic rings. The van der Waals surface area contributed by atoms with E-state index in [1.54, 1.807) is 6.07 Å². The fourth-order valence-corrected chi connectivity index (χ4v) is 3.81. The minimum atomic E-state index is -0.184. The quantitative estimate of drug-likeness (QED) is 0.847. The predicted octanol–water partition coefficient (Wildman–Crippen LogP) is 2.60. The largest absolute Gasteiger partial charge is 0.366 e. The van der Waals surface area contributed by atoms with Crippen LogP contribution in [0.25, 0.3) is 0 Å². The highest BCUT2D eigenvalue weighted by atomic mass is 19.1. The number of piperidine rings is 1. The van der Waals surface area contributed by atoms with E-state index in [9.17, 15) is 9.18 Å². The molecule has 3 rings (SSSR count). The fraction of sp³-hybridized carbons (Fsp3) is 0.632. The zero-order valence-electron chi connectivity index (χ0n) is 14.6. The van der Waals surface area contributed by atoms with Crippen LogP contribution in [0, 0.1) is 11.7 Å². The molecule has 0 spiro atoms. The van der Waals surface area contributed by atoms with Gasteiger partial charge in [-0.2, -0.15) is 0 Å². The van der Waals surface area contributed by atoms with Crippen LogP contribution in [0.1, 0.15) is 26.2 Å². The van der Waals surface area contributed by atoms with E-state index in [0.717, 1.165) is 25.6 Å². The van der Waals surface area contributed by atoms with Crippen LogP contribution in [0.2, 0.25) is 0 Å². The van der Waals surface area contributed by atoms with Gasteiger partial charge in [-0.1, -0.05) is 19.1 Å². The van der Waals surface area contributed by atoms with Gasteiger partial charge in [0.2, 0.25) is 5.91 Å². The molecular weight excluding hydrogens is 305 g/mol. The van der Waals surface area contributed by atoms with Gasteiger partial charge in [0.1, 0.15) is 5.82 Å². The number of piperazine rings is 1. The topological polar surface area (TPSA) is 26.8 Å². The molecule has 1 amide bonds. The summed E-state index contributed by atoms with van der Waals surface area (Å²) in [5.74, 6) is 0.802. The van der Waals surface area contributed by atoms with Gasteiger partial charge < -0.3 is 14.7 Å². The number of para-hydroxylation sites is 1. The Morgan fingerprint density at radius 2 is 1.92 bits per heavy atom. The summed E-state index contributed by atoms with van der Waals surface area (Å²) < 4.78 is 13.9. The number of likely N-dealkylation sites (tertiary alicyclic amines) is 1. The Morgan fingerprint density at radius 1 is 1.17 bits per heavy atom. The second-order valence-electron chi connectivity index (χ2n) is 7.12. The number of hydrogen-bond donors (Lipinski definition) is 0. The Bertz CT molecular complexity index is 557. The molecule has 2 heterocycles. The Balaban J connectivity index is 1.44. The molecule has 0 aliphatic carbocycles. The first-order valence-corrected chi connectivity index (χ1v) is 9.13. The van der Waals surface area contributed by atoms with Crippen molar-refractivity contribution in [2.45, 2.75) is 26.2 Å². The molecule has 0 N–H and O–H groups in total. The summed E-state index contributed by atoms with van der Waals surface area (Å²) >= 11 is 0. The molecule has 2 aliphatic heterocycles. The molecule has 24 heavy (non-hydrogen) atoms. The number of rotatable bonds is 4. The van der Waals surface area contributed by atoms with E-state index < -0.39 is 0 Å². The van der Waals surface area contributed by atoms with E-state index in [1.165, 1.54) is 18.9 Å². The van der Waals surface area contributed by atoms with E-state index in [-0.39, 0.29) is 11.7 Å². The molecule has 0 saturated carbocycles. The van der Waals surface area contributed by atoms with Crippen LogP contribution >= 0.6 is 0 Å². The standard InChI is InChI=1S/C19H28FN3O/c1-16-5-4-9-21(15-16)10-8-19(24)23-13-11-22(12-14-23)18-7-3-2-6-17(18)20/h2-3,6-7,16H,4-5,8-15H2,1H3. The molecule has 1 aromatic rings. The maximum Gasteiger partial charge on any atom is 0.223 e.